The van der Waals surface area contributed by atoms with E-state index in [0.29, 0.717) is 12.5 Å². The van der Waals surface area contributed by atoms with Crippen molar-refractivity contribution in [2.45, 2.75) is 26.8 Å². The standard InChI is InChI=1S/C11H18N2O/c1-9(2)5-7-14-11-4-3-6-13-10(11)8-12/h3-4,6,9H,5,7-8,12H2,1-2H3. The van der Waals surface area contributed by atoms with E-state index in [1.54, 1.807) is 6.20 Å². The largest absolute Gasteiger partial charge is 0.492 e. The fourth-order valence-electron chi connectivity index (χ4n) is 1.11. The molecule has 2 N–H and O–H groups in total. The van der Waals surface area contributed by atoms with Crippen LogP contribution < -0.4 is 10.5 Å². The molecule has 0 aliphatic rings. The molecular weight excluding hydrogens is 176 g/mol. The smallest absolute Gasteiger partial charge is 0.142 e. The lowest BCUT2D eigenvalue weighted by Gasteiger charge is -2.10. The first-order valence-electron chi connectivity index (χ1n) is 5.00. The first kappa shape index (κ1) is 11.0. The van der Waals surface area contributed by atoms with Crippen molar-refractivity contribution in [1.82, 2.24) is 4.98 Å². The number of hydrogen-bond acceptors (Lipinski definition) is 3. The Hall–Kier alpha value is -1.09. The van der Waals surface area contributed by atoms with Crippen LogP contribution >= 0.6 is 0 Å². The van der Waals surface area contributed by atoms with Crippen LogP contribution in [0, 0.1) is 5.92 Å². The molecule has 0 radical (unpaired) electrons. The Bertz CT molecular complexity index is 274. The molecule has 0 saturated heterocycles. The molecule has 0 amide bonds. The van der Waals surface area contributed by atoms with Gasteiger partial charge in [0.15, 0.2) is 0 Å². The predicted octanol–water partition coefficient (Wildman–Crippen LogP) is 1.97. The maximum Gasteiger partial charge on any atom is 0.142 e. The monoisotopic (exact) mass is 194 g/mol. The molecule has 1 aromatic rings. The summed E-state index contributed by atoms with van der Waals surface area (Å²) in [5.74, 6) is 1.48. The Labute approximate surface area is 85.3 Å². The van der Waals surface area contributed by atoms with E-state index in [-0.39, 0.29) is 0 Å². The minimum absolute atomic E-state index is 0.428. The van der Waals surface area contributed by atoms with Gasteiger partial charge in [-0.05, 0) is 24.5 Å². The highest BCUT2D eigenvalue weighted by Crippen LogP contribution is 2.15. The van der Waals surface area contributed by atoms with Crippen LogP contribution in [0.5, 0.6) is 5.75 Å². The molecule has 3 nitrogen and oxygen atoms in total. The highest BCUT2D eigenvalue weighted by atomic mass is 16.5. The third kappa shape index (κ3) is 3.34. The zero-order valence-corrected chi connectivity index (χ0v) is 8.86. The molecule has 0 unspecified atom stereocenters. The molecule has 14 heavy (non-hydrogen) atoms. The molecule has 0 saturated carbocycles. The number of pyridine rings is 1. The van der Waals surface area contributed by atoms with Gasteiger partial charge in [0.1, 0.15) is 5.75 Å². The maximum atomic E-state index is 5.60. The average Bonchev–Trinajstić information content (AvgIpc) is 2.18. The molecule has 78 valence electrons. The first-order valence-corrected chi connectivity index (χ1v) is 5.00. The van der Waals surface area contributed by atoms with Crippen molar-refractivity contribution >= 4 is 0 Å². The minimum Gasteiger partial charge on any atom is -0.492 e. The normalized spacial score (nSPS) is 10.6. The summed E-state index contributed by atoms with van der Waals surface area (Å²) in [5.41, 5.74) is 6.37. The van der Waals surface area contributed by atoms with E-state index < -0.39 is 0 Å². The van der Waals surface area contributed by atoms with Gasteiger partial charge in [0.2, 0.25) is 0 Å². The maximum absolute atomic E-state index is 5.60. The summed E-state index contributed by atoms with van der Waals surface area (Å²) in [7, 11) is 0. The molecule has 1 heterocycles. The van der Waals surface area contributed by atoms with Crippen LogP contribution in [0.3, 0.4) is 0 Å². The van der Waals surface area contributed by atoms with E-state index in [2.05, 4.69) is 18.8 Å². The van der Waals surface area contributed by atoms with Crippen molar-refractivity contribution in [3.8, 4) is 5.75 Å². The molecule has 0 aliphatic heterocycles. The summed E-state index contributed by atoms with van der Waals surface area (Å²) in [6, 6.07) is 3.78. The second kappa shape index (κ2) is 5.60. The summed E-state index contributed by atoms with van der Waals surface area (Å²) < 4.78 is 5.60. The summed E-state index contributed by atoms with van der Waals surface area (Å²) in [6.07, 6.45) is 2.79. The van der Waals surface area contributed by atoms with Crippen molar-refractivity contribution in [2.75, 3.05) is 6.61 Å². The van der Waals surface area contributed by atoms with Gasteiger partial charge in [0, 0.05) is 12.7 Å². The van der Waals surface area contributed by atoms with Crippen LogP contribution in [-0.4, -0.2) is 11.6 Å². The average molecular weight is 194 g/mol. The van der Waals surface area contributed by atoms with Gasteiger partial charge < -0.3 is 10.5 Å². The van der Waals surface area contributed by atoms with Gasteiger partial charge in [-0.15, -0.1) is 0 Å². The van der Waals surface area contributed by atoms with E-state index >= 15 is 0 Å². The third-order valence-electron chi connectivity index (χ3n) is 1.99. The van der Waals surface area contributed by atoms with E-state index in [4.69, 9.17) is 10.5 Å². The minimum atomic E-state index is 0.428. The van der Waals surface area contributed by atoms with Crippen LogP contribution in [-0.2, 0) is 6.54 Å². The quantitative estimate of drug-likeness (QED) is 0.779. The SMILES string of the molecule is CC(C)CCOc1cccnc1CN. The highest BCUT2D eigenvalue weighted by Gasteiger charge is 2.02. The molecule has 0 bridgehead atoms. The molecule has 0 fully saturated rings. The van der Waals surface area contributed by atoms with Gasteiger partial charge in [0.05, 0.1) is 12.3 Å². The molecule has 3 heteroatoms. The summed E-state index contributed by atoms with van der Waals surface area (Å²) in [6.45, 7) is 5.51. The van der Waals surface area contributed by atoms with Gasteiger partial charge in [-0.25, -0.2) is 0 Å². The highest BCUT2D eigenvalue weighted by molar-refractivity contribution is 5.26. The fourth-order valence-corrected chi connectivity index (χ4v) is 1.11. The van der Waals surface area contributed by atoms with Crippen molar-refractivity contribution in [1.29, 1.82) is 0 Å². The number of ether oxygens (including phenoxy) is 1. The number of rotatable bonds is 5. The van der Waals surface area contributed by atoms with E-state index in [1.807, 2.05) is 12.1 Å². The van der Waals surface area contributed by atoms with Crippen molar-refractivity contribution < 1.29 is 4.74 Å². The van der Waals surface area contributed by atoms with Crippen LogP contribution in [0.2, 0.25) is 0 Å². The van der Waals surface area contributed by atoms with Gasteiger partial charge >= 0.3 is 0 Å². The lowest BCUT2D eigenvalue weighted by atomic mass is 10.1. The fraction of sp³-hybridized carbons (Fsp3) is 0.545. The molecule has 0 spiro atoms. The van der Waals surface area contributed by atoms with Gasteiger partial charge in [0.25, 0.3) is 0 Å². The second-order valence-corrected chi connectivity index (χ2v) is 3.68. The van der Waals surface area contributed by atoms with E-state index in [1.165, 1.54) is 0 Å². The molecule has 0 aromatic carbocycles. The Balaban J connectivity index is 2.49. The first-order chi connectivity index (χ1) is 6.74. The van der Waals surface area contributed by atoms with Crippen LogP contribution in [0.25, 0.3) is 0 Å². The zero-order chi connectivity index (χ0) is 10.4. The van der Waals surface area contributed by atoms with Crippen LogP contribution in [0.4, 0.5) is 0 Å². The van der Waals surface area contributed by atoms with Crippen LogP contribution in [0.1, 0.15) is 26.0 Å². The number of nitrogens with zero attached hydrogens (tertiary/aromatic N) is 1. The lowest BCUT2D eigenvalue weighted by Crippen LogP contribution is -2.06. The van der Waals surface area contributed by atoms with E-state index in [9.17, 15) is 0 Å². The molecule has 0 atom stereocenters. The Morgan fingerprint density at radius 1 is 1.50 bits per heavy atom. The Kier molecular flexibility index (Phi) is 4.40. The Morgan fingerprint density at radius 2 is 2.29 bits per heavy atom. The summed E-state index contributed by atoms with van der Waals surface area (Å²) in [4.78, 5) is 4.14. The number of nitrogens with two attached hydrogens (primary N) is 1. The topological polar surface area (TPSA) is 48.1 Å². The zero-order valence-electron chi connectivity index (χ0n) is 8.86. The number of aromatic nitrogens is 1. The van der Waals surface area contributed by atoms with E-state index in [0.717, 1.165) is 24.5 Å². The van der Waals surface area contributed by atoms with Crippen molar-refractivity contribution in [2.24, 2.45) is 11.7 Å². The van der Waals surface area contributed by atoms with Gasteiger partial charge in [-0.2, -0.15) is 0 Å². The molecular formula is C11H18N2O. The van der Waals surface area contributed by atoms with Crippen LogP contribution in [0.15, 0.2) is 18.3 Å². The predicted molar refractivity (Wildman–Crippen MR) is 57.1 cm³/mol. The number of hydrogen-bond donors (Lipinski definition) is 1. The molecule has 0 aliphatic carbocycles. The molecule has 1 aromatic heterocycles. The Morgan fingerprint density at radius 3 is 2.93 bits per heavy atom. The van der Waals surface area contributed by atoms with Gasteiger partial charge in [-0.1, -0.05) is 13.8 Å². The summed E-state index contributed by atoms with van der Waals surface area (Å²) >= 11 is 0. The third-order valence-corrected chi connectivity index (χ3v) is 1.99. The summed E-state index contributed by atoms with van der Waals surface area (Å²) in [5, 5.41) is 0. The molecule has 1 rings (SSSR count). The van der Waals surface area contributed by atoms with Crippen molar-refractivity contribution in [3.05, 3.63) is 24.0 Å². The second-order valence-electron chi connectivity index (χ2n) is 3.68. The van der Waals surface area contributed by atoms with Gasteiger partial charge in [-0.3, -0.25) is 4.98 Å². The van der Waals surface area contributed by atoms with Crippen molar-refractivity contribution in [3.63, 3.8) is 0 Å². The lowest BCUT2D eigenvalue weighted by molar-refractivity contribution is 0.285.